The normalized spacial score (nSPS) is 12.3. The number of aromatic nitrogens is 3. The fourth-order valence-electron chi connectivity index (χ4n) is 8.32. The van der Waals surface area contributed by atoms with Crippen molar-refractivity contribution < 1.29 is 4.42 Å². The Kier molecular flexibility index (Phi) is 5.35. The van der Waals surface area contributed by atoms with Gasteiger partial charge in [0.05, 0.1) is 22.2 Å². The zero-order chi connectivity index (χ0) is 33.2. The van der Waals surface area contributed by atoms with Crippen LogP contribution in [-0.4, -0.2) is 14.5 Å². The lowest BCUT2D eigenvalue weighted by molar-refractivity contribution is 0.670. The van der Waals surface area contributed by atoms with Crippen molar-refractivity contribution in [1.29, 1.82) is 0 Å². The third-order valence-electron chi connectivity index (χ3n) is 10.6. The molecule has 4 nitrogen and oxygen atoms in total. The van der Waals surface area contributed by atoms with Crippen molar-refractivity contribution in [2.45, 2.75) is 0 Å². The number of hydrogen-bond donors (Lipinski definition) is 0. The number of fused-ring (bicyclic) bond motifs is 14. The van der Waals surface area contributed by atoms with Gasteiger partial charge in [0.2, 0.25) is 5.95 Å². The lowest BCUT2D eigenvalue weighted by Crippen LogP contribution is -2.04. The van der Waals surface area contributed by atoms with Gasteiger partial charge in [0, 0.05) is 58.1 Å². The minimum Gasteiger partial charge on any atom is -0.455 e. The van der Waals surface area contributed by atoms with E-state index in [4.69, 9.17) is 14.4 Å². The van der Waals surface area contributed by atoms with Crippen LogP contribution in [0.2, 0.25) is 0 Å². The van der Waals surface area contributed by atoms with E-state index in [1.165, 1.54) is 41.7 Å². The standard InChI is InChI=1S/C46H25N3OS/c1-2-11-28-26(10-1)20-22-33-43(28)47-46(48-44(33)34-16-9-15-31-30-13-4-7-18-39(30)50-45(31)34)49-37-17-6-3-12-29(37)36-25-35-27(24-38(36)49)21-23-41-42(35)32-14-5-8-19-40(32)51-41/h1-25H. The molecule has 0 spiro atoms. The predicted molar refractivity (Wildman–Crippen MR) is 214 cm³/mol. The first-order valence-electron chi connectivity index (χ1n) is 17.2. The van der Waals surface area contributed by atoms with Gasteiger partial charge in [0.25, 0.3) is 0 Å². The van der Waals surface area contributed by atoms with Gasteiger partial charge in [-0.05, 0) is 64.7 Å². The Morgan fingerprint density at radius 1 is 0.471 bits per heavy atom. The van der Waals surface area contributed by atoms with Crippen molar-refractivity contribution in [2.24, 2.45) is 0 Å². The highest BCUT2D eigenvalue weighted by atomic mass is 32.1. The van der Waals surface area contributed by atoms with E-state index >= 15 is 0 Å². The molecule has 12 aromatic rings. The summed E-state index contributed by atoms with van der Waals surface area (Å²) in [7, 11) is 0. The molecule has 0 aliphatic carbocycles. The average molecular weight is 668 g/mol. The van der Waals surface area contributed by atoms with Crippen LogP contribution in [0.3, 0.4) is 0 Å². The van der Waals surface area contributed by atoms with Crippen molar-refractivity contribution in [3.63, 3.8) is 0 Å². The fraction of sp³-hybridized carbons (Fsp3) is 0. The molecular formula is C46H25N3OS. The van der Waals surface area contributed by atoms with Crippen LogP contribution in [0.5, 0.6) is 0 Å². The number of thiophene rings is 1. The first-order valence-corrected chi connectivity index (χ1v) is 18.0. The summed E-state index contributed by atoms with van der Waals surface area (Å²) >= 11 is 1.86. The zero-order valence-electron chi connectivity index (χ0n) is 27.1. The molecule has 0 unspecified atom stereocenters. The third kappa shape index (κ3) is 3.73. The van der Waals surface area contributed by atoms with Gasteiger partial charge in [0.15, 0.2) is 0 Å². The molecule has 0 bridgehead atoms. The molecule has 0 amide bonds. The van der Waals surface area contributed by atoms with Crippen molar-refractivity contribution in [3.05, 3.63) is 152 Å². The molecule has 0 aliphatic heterocycles. The fourth-order valence-corrected chi connectivity index (χ4v) is 9.44. The summed E-state index contributed by atoms with van der Waals surface area (Å²) in [6.07, 6.45) is 0. The summed E-state index contributed by atoms with van der Waals surface area (Å²) < 4.78 is 11.5. The molecule has 51 heavy (non-hydrogen) atoms. The van der Waals surface area contributed by atoms with E-state index in [1.54, 1.807) is 0 Å². The predicted octanol–water partition coefficient (Wildman–Crippen LogP) is 13.0. The Balaban J connectivity index is 1.23. The molecular weight excluding hydrogens is 643 g/mol. The van der Waals surface area contributed by atoms with Crippen LogP contribution in [0.4, 0.5) is 0 Å². The summed E-state index contributed by atoms with van der Waals surface area (Å²) in [6.45, 7) is 0. The highest BCUT2D eigenvalue weighted by molar-refractivity contribution is 7.26. The molecule has 0 saturated heterocycles. The van der Waals surface area contributed by atoms with Gasteiger partial charge in [0.1, 0.15) is 11.2 Å². The SMILES string of the molecule is c1ccc2c(c1)ccc1c(-c3cccc4c3oc3ccccc34)nc(-n3c4ccccc4c4cc5c(ccc6sc7ccccc7c65)cc43)nc12. The lowest BCUT2D eigenvalue weighted by atomic mass is 10.0. The highest BCUT2D eigenvalue weighted by Crippen LogP contribution is 2.43. The van der Waals surface area contributed by atoms with E-state index in [2.05, 4.69) is 144 Å². The van der Waals surface area contributed by atoms with E-state index in [0.29, 0.717) is 5.95 Å². The Morgan fingerprint density at radius 3 is 2.18 bits per heavy atom. The Morgan fingerprint density at radius 2 is 1.24 bits per heavy atom. The minimum atomic E-state index is 0.634. The van der Waals surface area contributed by atoms with Gasteiger partial charge in [-0.1, -0.05) is 103 Å². The van der Waals surface area contributed by atoms with Gasteiger partial charge in [-0.15, -0.1) is 11.3 Å². The molecule has 0 atom stereocenters. The first-order chi connectivity index (χ1) is 25.3. The summed E-state index contributed by atoms with van der Waals surface area (Å²) in [5, 5.41) is 12.8. The summed E-state index contributed by atoms with van der Waals surface area (Å²) in [5.74, 6) is 0.634. The molecule has 236 valence electrons. The molecule has 8 aromatic carbocycles. The van der Waals surface area contributed by atoms with Crippen LogP contribution in [0.1, 0.15) is 0 Å². The summed E-state index contributed by atoms with van der Waals surface area (Å²) in [5.41, 5.74) is 6.56. The quantitative estimate of drug-likeness (QED) is 0.172. The molecule has 0 fully saturated rings. The van der Waals surface area contributed by atoms with Crippen LogP contribution in [0, 0.1) is 0 Å². The molecule has 0 aliphatic rings. The summed E-state index contributed by atoms with van der Waals surface area (Å²) in [4.78, 5) is 10.9. The second-order valence-electron chi connectivity index (χ2n) is 13.3. The maximum absolute atomic E-state index is 6.59. The van der Waals surface area contributed by atoms with Crippen molar-refractivity contribution in [2.75, 3.05) is 0 Å². The number of nitrogens with zero attached hydrogens (tertiary/aromatic N) is 3. The maximum Gasteiger partial charge on any atom is 0.235 e. The second kappa shape index (κ2) is 10.0. The topological polar surface area (TPSA) is 43.9 Å². The molecule has 0 radical (unpaired) electrons. The Bertz CT molecular complexity index is 3440. The van der Waals surface area contributed by atoms with Gasteiger partial charge < -0.3 is 4.42 Å². The van der Waals surface area contributed by atoms with E-state index in [1.807, 2.05) is 23.5 Å². The molecule has 0 N–H and O–H groups in total. The average Bonchev–Trinajstić information content (AvgIpc) is 3.86. The van der Waals surface area contributed by atoms with E-state index in [9.17, 15) is 0 Å². The Hall–Kier alpha value is -6.56. The number of benzene rings is 8. The number of para-hydroxylation sites is 3. The zero-order valence-corrected chi connectivity index (χ0v) is 27.9. The largest absolute Gasteiger partial charge is 0.455 e. The first kappa shape index (κ1) is 27.3. The maximum atomic E-state index is 6.59. The van der Waals surface area contributed by atoms with Gasteiger partial charge >= 0.3 is 0 Å². The second-order valence-corrected chi connectivity index (χ2v) is 14.4. The minimum absolute atomic E-state index is 0.634. The molecule has 4 heterocycles. The molecule has 12 rings (SSSR count). The van der Waals surface area contributed by atoms with Gasteiger partial charge in [-0.3, -0.25) is 4.57 Å². The van der Waals surface area contributed by atoms with E-state index in [-0.39, 0.29) is 0 Å². The Labute approximate surface area is 294 Å². The van der Waals surface area contributed by atoms with Crippen LogP contribution >= 0.6 is 11.3 Å². The van der Waals surface area contributed by atoms with Gasteiger partial charge in [-0.2, -0.15) is 0 Å². The van der Waals surface area contributed by atoms with E-state index in [0.717, 1.165) is 65.9 Å². The van der Waals surface area contributed by atoms with Gasteiger partial charge in [-0.25, -0.2) is 9.97 Å². The van der Waals surface area contributed by atoms with Crippen LogP contribution in [0.25, 0.3) is 114 Å². The smallest absolute Gasteiger partial charge is 0.235 e. The van der Waals surface area contributed by atoms with Crippen LogP contribution in [0.15, 0.2) is 156 Å². The highest BCUT2D eigenvalue weighted by Gasteiger charge is 2.22. The number of furan rings is 1. The summed E-state index contributed by atoms with van der Waals surface area (Å²) in [6, 6.07) is 54.0. The molecule has 5 heteroatoms. The lowest BCUT2D eigenvalue weighted by Gasteiger charge is -2.13. The van der Waals surface area contributed by atoms with Crippen LogP contribution in [-0.2, 0) is 0 Å². The van der Waals surface area contributed by atoms with Crippen molar-refractivity contribution >= 4 is 108 Å². The van der Waals surface area contributed by atoms with E-state index < -0.39 is 0 Å². The third-order valence-corrected chi connectivity index (χ3v) is 11.7. The van der Waals surface area contributed by atoms with Crippen molar-refractivity contribution in [1.82, 2.24) is 14.5 Å². The number of rotatable bonds is 2. The van der Waals surface area contributed by atoms with Crippen molar-refractivity contribution in [3.8, 4) is 17.2 Å². The number of hydrogen-bond acceptors (Lipinski definition) is 4. The molecule has 4 aromatic heterocycles. The molecule has 0 saturated carbocycles. The van der Waals surface area contributed by atoms with Crippen LogP contribution < -0.4 is 0 Å². The monoisotopic (exact) mass is 667 g/mol.